The summed E-state index contributed by atoms with van der Waals surface area (Å²) in [7, 11) is 0. The summed E-state index contributed by atoms with van der Waals surface area (Å²) >= 11 is 0. The lowest BCUT2D eigenvalue weighted by Gasteiger charge is -2.25. The van der Waals surface area contributed by atoms with E-state index in [-0.39, 0.29) is 12.0 Å². The largest absolute Gasteiger partial charge is 0.368 e. The van der Waals surface area contributed by atoms with Crippen molar-refractivity contribution in [2.45, 2.75) is 19.4 Å². The summed E-state index contributed by atoms with van der Waals surface area (Å²) in [6.07, 6.45) is 7.40. The van der Waals surface area contributed by atoms with Crippen molar-refractivity contribution in [1.29, 1.82) is 0 Å². The third kappa shape index (κ3) is 3.49. The molecule has 0 fully saturated rings. The Labute approximate surface area is 130 Å². The molecule has 1 amide bonds. The van der Waals surface area contributed by atoms with Crippen LogP contribution in [0.1, 0.15) is 18.9 Å². The van der Waals surface area contributed by atoms with Crippen LogP contribution in [0, 0.1) is 0 Å². The van der Waals surface area contributed by atoms with E-state index in [1.807, 2.05) is 6.08 Å². The number of nitrogens with one attached hydrogen (secondary N) is 2. The molecule has 2 N–H and O–H groups in total. The zero-order chi connectivity index (χ0) is 15.4. The van der Waals surface area contributed by atoms with Crippen molar-refractivity contribution in [3.8, 4) is 0 Å². The van der Waals surface area contributed by atoms with Crippen molar-refractivity contribution in [3.05, 3.63) is 48.1 Å². The first-order valence-corrected chi connectivity index (χ1v) is 7.61. The molecule has 1 atom stereocenters. The van der Waals surface area contributed by atoms with Gasteiger partial charge in [0.25, 0.3) is 0 Å². The summed E-state index contributed by atoms with van der Waals surface area (Å²) in [5.41, 5.74) is 6.20. The smallest absolute Gasteiger partial charge is 0.216 e. The maximum absolute atomic E-state index is 10.9. The summed E-state index contributed by atoms with van der Waals surface area (Å²) in [5, 5.41) is 2.75. The summed E-state index contributed by atoms with van der Waals surface area (Å²) in [6, 6.07) is 8.46. The second-order valence-electron chi connectivity index (χ2n) is 5.53. The van der Waals surface area contributed by atoms with Gasteiger partial charge in [0.1, 0.15) is 6.10 Å². The first-order chi connectivity index (χ1) is 10.7. The van der Waals surface area contributed by atoms with Crippen molar-refractivity contribution in [2.75, 3.05) is 24.5 Å². The van der Waals surface area contributed by atoms with E-state index in [0.717, 1.165) is 30.8 Å². The van der Waals surface area contributed by atoms with Crippen LogP contribution in [0.25, 0.3) is 5.70 Å². The van der Waals surface area contributed by atoms with Gasteiger partial charge in [-0.1, -0.05) is 24.3 Å². The number of amides is 1. The molecular formula is C17H21N3O2. The van der Waals surface area contributed by atoms with Crippen LogP contribution in [0.3, 0.4) is 0 Å². The Balaban J connectivity index is 1.64. The molecule has 1 unspecified atom stereocenters. The molecule has 116 valence electrons. The van der Waals surface area contributed by atoms with Crippen LogP contribution in [0.4, 0.5) is 5.69 Å². The highest BCUT2D eigenvalue weighted by Crippen LogP contribution is 2.23. The molecule has 1 aromatic rings. The van der Waals surface area contributed by atoms with Crippen molar-refractivity contribution >= 4 is 17.3 Å². The molecule has 0 aliphatic carbocycles. The molecule has 2 heterocycles. The number of rotatable bonds is 4. The van der Waals surface area contributed by atoms with E-state index in [4.69, 9.17) is 4.84 Å². The van der Waals surface area contributed by atoms with Crippen molar-refractivity contribution < 1.29 is 9.63 Å². The summed E-state index contributed by atoms with van der Waals surface area (Å²) in [5.74, 6) is -0.0506. The number of carbonyl (C=O) groups excluding carboxylic acids is 1. The van der Waals surface area contributed by atoms with E-state index >= 15 is 0 Å². The van der Waals surface area contributed by atoms with E-state index in [1.165, 1.54) is 12.6 Å². The molecule has 0 saturated heterocycles. The normalized spacial score (nSPS) is 20.5. The molecule has 3 rings (SSSR count). The van der Waals surface area contributed by atoms with Crippen LogP contribution in [0.5, 0.6) is 0 Å². The average Bonchev–Trinajstić information content (AvgIpc) is 3.03. The zero-order valence-corrected chi connectivity index (χ0v) is 12.7. The van der Waals surface area contributed by atoms with Gasteiger partial charge >= 0.3 is 0 Å². The van der Waals surface area contributed by atoms with Crippen molar-refractivity contribution in [3.63, 3.8) is 0 Å². The average molecular weight is 299 g/mol. The molecule has 5 heteroatoms. The number of hydroxylamine groups is 1. The minimum absolute atomic E-state index is 0.0506. The number of nitrogens with zero attached hydrogens (tertiary/aromatic N) is 1. The lowest BCUT2D eigenvalue weighted by atomic mass is 10.1. The minimum Gasteiger partial charge on any atom is -0.368 e. The number of hydrogen-bond acceptors (Lipinski definition) is 4. The van der Waals surface area contributed by atoms with Gasteiger partial charge in [0.05, 0.1) is 12.2 Å². The van der Waals surface area contributed by atoms with Gasteiger partial charge in [-0.25, -0.2) is 0 Å². The van der Waals surface area contributed by atoms with Crippen LogP contribution in [-0.4, -0.2) is 31.6 Å². The third-order valence-corrected chi connectivity index (χ3v) is 3.83. The number of carbonyl (C=O) groups is 1. The Morgan fingerprint density at radius 3 is 2.86 bits per heavy atom. The number of hydrogen-bond donors (Lipinski definition) is 2. The van der Waals surface area contributed by atoms with Gasteiger partial charge in [-0.3, -0.25) is 15.1 Å². The van der Waals surface area contributed by atoms with Gasteiger partial charge in [-0.15, -0.1) is 0 Å². The predicted octanol–water partition coefficient (Wildman–Crippen LogP) is 1.83. The first kappa shape index (κ1) is 14.7. The maximum atomic E-state index is 10.9. The van der Waals surface area contributed by atoms with Crippen LogP contribution in [0.2, 0.25) is 0 Å². The molecule has 1 aromatic carbocycles. The van der Waals surface area contributed by atoms with Gasteiger partial charge in [0.15, 0.2) is 0 Å². The summed E-state index contributed by atoms with van der Waals surface area (Å²) in [4.78, 5) is 18.7. The van der Waals surface area contributed by atoms with Gasteiger partial charge in [0, 0.05) is 25.7 Å². The molecule has 0 radical (unpaired) electrons. The van der Waals surface area contributed by atoms with Crippen molar-refractivity contribution in [2.24, 2.45) is 0 Å². The second kappa shape index (κ2) is 6.66. The fraction of sp³-hybridized carbons (Fsp3) is 0.353. The van der Waals surface area contributed by atoms with Crippen LogP contribution < -0.4 is 15.7 Å². The molecule has 0 aromatic heterocycles. The molecule has 0 saturated carbocycles. The highest BCUT2D eigenvalue weighted by atomic mass is 16.7. The molecule has 5 nitrogen and oxygen atoms in total. The van der Waals surface area contributed by atoms with Gasteiger partial charge in [0.2, 0.25) is 5.91 Å². The Morgan fingerprint density at radius 1 is 1.36 bits per heavy atom. The molecule has 0 spiro atoms. The van der Waals surface area contributed by atoms with Gasteiger partial charge < -0.3 is 10.2 Å². The fourth-order valence-corrected chi connectivity index (χ4v) is 2.62. The third-order valence-electron chi connectivity index (χ3n) is 3.83. The van der Waals surface area contributed by atoms with E-state index < -0.39 is 0 Å². The van der Waals surface area contributed by atoms with Crippen molar-refractivity contribution in [1.82, 2.24) is 10.8 Å². The highest BCUT2D eigenvalue weighted by Gasteiger charge is 2.18. The van der Waals surface area contributed by atoms with Crippen LogP contribution in [0.15, 0.2) is 42.5 Å². The zero-order valence-electron chi connectivity index (χ0n) is 12.7. The van der Waals surface area contributed by atoms with E-state index in [2.05, 4.69) is 52.1 Å². The van der Waals surface area contributed by atoms with E-state index in [0.29, 0.717) is 6.54 Å². The van der Waals surface area contributed by atoms with Gasteiger partial charge in [-0.2, -0.15) is 0 Å². The Bertz CT molecular complexity index is 592. The Hall–Kier alpha value is -2.27. The lowest BCUT2D eigenvalue weighted by molar-refractivity contribution is -0.119. The molecular weight excluding hydrogens is 278 g/mol. The molecule has 2 aliphatic heterocycles. The minimum atomic E-state index is -0.134. The summed E-state index contributed by atoms with van der Waals surface area (Å²) in [6.45, 7) is 4.02. The van der Waals surface area contributed by atoms with Gasteiger partial charge in [-0.05, 0) is 30.2 Å². The monoisotopic (exact) mass is 299 g/mol. The van der Waals surface area contributed by atoms with E-state index in [1.54, 1.807) is 0 Å². The Kier molecular flexibility index (Phi) is 4.44. The molecule has 22 heavy (non-hydrogen) atoms. The standard InChI is InChI=1S/C17H21N3O2/c1-13(21)18-12-16-11-17(19-22-16)14-5-7-15(8-6-14)20-9-3-2-4-10-20/h2-3,5-8,11,16,19H,4,9-10,12H2,1H3,(H,18,21). The highest BCUT2D eigenvalue weighted by molar-refractivity contribution is 5.73. The maximum Gasteiger partial charge on any atom is 0.216 e. The van der Waals surface area contributed by atoms with E-state index in [9.17, 15) is 4.79 Å². The number of benzene rings is 1. The fourth-order valence-electron chi connectivity index (χ4n) is 2.62. The molecule has 0 bridgehead atoms. The SMILES string of the molecule is CC(=O)NCC1C=C(c2ccc(N3CC=CCC3)cc2)NO1. The second-order valence-corrected chi connectivity index (χ2v) is 5.53. The number of anilines is 1. The van der Waals surface area contributed by atoms with Crippen LogP contribution in [-0.2, 0) is 9.63 Å². The molecule has 2 aliphatic rings. The van der Waals surface area contributed by atoms with Crippen LogP contribution >= 0.6 is 0 Å². The quantitative estimate of drug-likeness (QED) is 0.833. The Morgan fingerprint density at radius 2 is 2.18 bits per heavy atom. The lowest BCUT2D eigenvalue weighted by Crippen LogP contribution is -2.30. The summed E-state index contributed by atoms with van der Waals surface area (Å²) < 4.78 is 0. The first-order valence-electron chi connectivity index (χ1n) is 7.61. The predicted molar refractivity (Wildman–Crippen MR) is 87.1 cm³/mol. The topological polar surface area (TPSA) is 53.6 Å².